The molecule has 0 aliphatic heterocycles. The summed E-state index contributed by atoms with van der Waals surface area (Å²) in [5.41, 5.74) is 5.12. The van der Waals surface area contributed by atoms with Gasteiger partial charge < -0.3 is 0 Å². The van der Waals surface area contributed by atoms with Crippen molar-refractivity contribution in [3.05, 3.63) is 119 Å². The Morgan fingerprint density at radius 3 is 1.74 bits per heavy atom. The van der Waals surface area contributed by atoms with Gasteiger partial charge in [0.05, 0.1) is 0 Å². The van der Waals surface area contributed by atoms with Crippen LogP contribution in [0.5, 0.6) is 0 Å². The second-order valence-electron chi connectivity index (χ2n) is 7.95. The molecule has 0 unspecified atom stereocenters. The summed E-state index contributed by atoms with van der Waals surface area (Å²) in [4.78, 5) is 0. The van der Waals surface area contributed by atoms with Crippen LogP contribution in [0.25, 0.3) is 54.6 Å². The van der Waals surface area contributed by atoms with Gasteiger partial charge in [-0.3, -0.25) is 0 Å². The van der Waals surface area contributed by atoms with Gasteiger partial charge in [-0.2, -0.15) is 0 Å². The fourth-order valence-corrected chi connectivity index (χ4v) is 5.36. The van der Waals surface area contributed by atoms with Gasteiger partial charge in [-0.05, 0) is 89.8 Å². The number of benzene rings is 6. The second-order valence-corrected chi connectivity index (χ2v) is 9.11. The molecular formula is C30H19I. The first kappa shape index (κ1) is 18.6. The Hall–Kier alpha value is -3.17. The Morgan fingerprint density at radius 2 is 1.03 bits per heavy atom. The topological polar surface area (TPSA) is 0 Å². The van der Waals surface area contributed by atoms with Gasteiger partial charge in [-0.25, -0.2) is 0 Å². The molecule has 0 nitrogen and oxygen atoms in total. The quantitative estimate of drug-likeness (QED) is 0.206. The highest BCUT2D eigenvalue weighted by Gasteiger charge is 2.12. The van der Waals surface area contributed by atoms with E-state index in [4.69, 9.17) is 0 Å². The number of hydrogen-bond donors (Lipinski definition) is 0. The molecule has 6 aromatic rings. The zero-order valence-electron chi connectivity index (χ0n) is 16.8. The third-order valence-electron chi connectivity index (χ3n) is 6.11. The van der Waals surface area contributed by atoms with Crippen LogP contribution in [0.4, 0.5) is 0 Å². The van der Waals surface area contributed by atoms with Crippen molar-refractivity contribution in [2.75, 3.05) is 0 Å². The van der Waals surface area contributed by atoms with Gasteiger partial charge in [-0.1, -0.05) is 97.1 Å². The van der Waals surface area contributed by atoms with E-state index < -0.39 is 0 Å². The first-order valence-electron chi connectivity index (χ1n) is 10.5. The summed E-state index contributed by atoms with van der Waals surface area (Å²) in [6, 6.07) is 41.9. The number of hydrogen-bond acceptors (Lipinski definition) is 0. The van der Waals surface area contributed by atoms with E-state index in [9.17, 15) is 0 Å². The Labute approximate surface area is 195 Å². The van der Waals surface area contributed by atoms with Gasteiger partial charge >= 0.3 is 0 Å². The highest BCUT2D eigenvalue weighted by atomic mass is 127. The predicted octanol–water partition coefficient (Wildman–Crippen LogP) is 9.08. The van der Waals surface area contributed by atoms with Crippen LogP contribution >= 0.6 is 22.6 Å². The van der Waals surface area contributed by atoms with Gasteiger partial charge in [0.2, 0.25) is 0 Å². The zero-order chi connectivity index (χ0) is 20.8. The van der Waals surface area contributed by atoms with Crippen molar-refractivity contribution < 1.29 is 0 Å². The maximum absolute atomic E-state index is 2.47. The van der Waals surface area contributed by atoms with Crippen LogP contribution in [0.15, 0.2) is 115 Å². The van der Waals surface area contributed by atoms with Crippen LogP contribution in [0.1, 0.15) is 0 Å². The highest BCUT2D eigenvalue weighted by molar-refractivity contribution is 14.1. The van der Waals surface area contributed by atoms with Gasteiger partial charge in [0.1, 0.15) is 0 Å². The Bertz CT molecular complexity index is 1590. The van der Waals surface area contributed by atoms with Gasteiger partial charge in [0.25, 0.3) is 0 Å². The molecule has 146 valence electrons. The lowest BCUT2D eigenvalue weighted by atomic mass is 9.91. The molecule has 0 atom stereocenters. The molecule has 1 heteroatoms. The third-order valence-corrected chi connectivity index (χ3v) is 7.01. The average Bonchev–Trinajstić information content (AvgIpc) is 2.83. The fourth-order valence-electron chi connectivity index (χ4n) is 4.58. The van der Waals surface area contributed by atoms with Gasteiger partial charge in [0.15, 0.2) is 0 Å². The van der Waals surface area contributed by atoms with Crippen molar-refractivity contribution in [3.8, 4) is 22.3 Å². The predicted molar refractivity (Wildman–Crippen MR) is 143 cm³/mol. The first-order valence-corrected chi connectivity index (χ1v) is 11.6. The molecule has 0 fully saturated rings. The lowest BCUT2D eigenvalue weighted by molar-refractivity contribution is 1.63. The molecule has 6 aromatic carbocycles. The normalized spacial score (nSPS) is 11.4. The summed E-state index contributed by atoms with van der Waals surface area (Å²) in [6.45, 7) is 0. The van der Waals surface area contributed by atoms with Crippen molar-refractivity contribution in [2.24, 2.45) is 0 Å². The molecule has 0 aliphatic carbocycles. The smallest absolute Gasteiger partial charge is 0.0215 e. The van der Waals surface area contributed by atoms with Gasteiger partial charge in [-0.15, -0.1) is 0 Å². The minimum atomic E-state index is 1.26. The van der Waals surface area contributed by atoms with Crippen LogP contribution in [0.3, 0.4) is 0 Å². The van der Waals surface area contributed by atoms with Crippen LogP contribution in [-0.2, 0) is 0 Å². The van der Waals surface area contributed by atoms with Crippen LogP contribution in [-0.4, -0.2) is 0 Å². The molecule has 0 heterocycles. The van der Waals surface area contributed by atoms with E-state index in [1.807, 2.05) is 0 Å². The largest absolute Gasteiger partial charge is 0.0616 e. The highest BCUT2D eigenvalue weighted by Crippen LogP contribution is 2.39. The molecule has 0 aromatic heterocycles. The summed E-state index contributed by atoms with van der Waals surface area (Å²) in [5.74, 6) is 0. The lowest BCUT2D eigenvalue weighted by Crippen LogP contribution is -1.89. The van der Waals surface area contributed by atoms with Crippen molar-refractivity contribution in [2.45, 2.75) is 0 Å². The van der Waals surface area contributed by atoms with Crippen molar-refractivity contribution in [1.29, 1.82) is 0 Å². The molecule has 0 amide bonds. The first-order chi connectivity index (χ1) is 15.3. The summed E-state index contributed by atoms with van der Waals surface area (Å²) >= 11 is 2.47. The molecule has 6 rings (SSSR count). The van der Waals surface area contributed by atoms with E-state index in [2.05, 4.69) is 138 Å². The summed E-state index contributed by atoms with van der Waals surface area (Å²) < 4.78 is 1.27. The monoisotopic (exact) mass is 506 g/mol. The lowest BCUT2D eigenvalue weighted by Gasteiger charge is -2.14. The summed E-state index contributed by atoms with van der Waals surface area (Å²) in [6.07, 6.45) is 0. The minimum absolute atomic E-state index is 1.26. The molecule has 0 bridgehead atoms. The Kier molecular flexibility index (Phi) is 4.50. The van der Waals surface area contributed by atoms with Crippen molar-refractivity contribution in [3.63, 3.8) is 0 Å². The number of halogens is 1. The standard InChI is InChI=1S/C30H19I/c31-29-17-16-27-26(24-14-12-20-6-1-3-8-22(20)18-24)10-5-11-28(27)30(29)25-15-13-21-7-2-4-9-23(21)19-25/h1-19H. The van der Waals surface area contributed by atoms with E-state index >= 15 is 0 Å². The van der Waals surface area contributed by atoms with Crippen molar-refractivity contribution in [1.82, 2.24) is 0 Å². The second kappa shape index (κ2) is 7.51. The molecule has 0 radical (unpaired) electrons. The summed E-state index contributed by atoms with van der Waals surface area (Å²) in [5, 5.41) is 7.70. The van der Waals surface area contributed by atoms with E-state index in [1.165, 1.54) is 58.1 Å². The summed E-state index contributed by atoms with van der Waals surface area (Å²) in [7, 11) is 0. The third kappa shape index (κ3) is 3.21. The molecule has 0 aliphatic rings. The maximum atomic E-state index is 2.47. The maximum Gasteiger partial charge on any atom is 0.0215 e. The number of fused-ring (bicyclic) bond motifs is 3. The molecule has 0 spiro atoms. The van der Waals surface area contributed by atoms with Crippen LogP contribution in [0.2, 0.25) is 0 Å². The van der Waals surface area contributed by atoms with E-state index in [0.717, 1.165) is 0 Å². The molecule has 0 N–H and O–H groups in total. The zero-order valence-corrected chi connectivity index (χ0v) is 19.0. The number of rotatable bonds is 2. The van der Waals surface area contributed by atoms with E-state index in [1.54, 1.807) is 0 Å². The molecule has 0 saturated heterocycles. The van der Waals surface area contributed by atoms with E-state index in [-0.39, 0.29) is 0 Å². The van der Waals surface area contributed by atoms with Crippen molar-refractivity contribution >= 4 is 54.9 Å². The van der Waals surface area contributed by atoms with E-state index in [0.29, 0.717) is 0 Å². The van der Waals surface area contributed by atoms with Crippen LogP contribution < -0.4 is 0 Å². The Morgan fingerprint density at radius 1 is 0.419 bits per heavy atom. The van der Waals surface area contributed by atoms with Crippen LogP contribution in [0, 0.1) is 3.57 Å². The SMILES string of the molecule is Ic1ccc2c(-c3ccc4ccccc4c3)cccc2c1-c1ccc2ccccc2c1. The fraction of sp³-hybridized carbons (Fsp3) is 0. The van der Waals surface area contributed by atoms with Gasteiger partial charge in [0, 0.05) is 9.13 Å². The molecule has 31 heavy (non-hydrogen) atoms. The minimum Gasteiger partial charge on any atom is -0.0616 e. The average molecular weight is 506 g/mol. The molecular weight excluding hydrogens is 487 g/mol. The Balaban J connectivity index is 1.60. The molecule has 0 saturated carbocycles.